The summed E-state index contributed by atoms with van der Waals surface area (Å²) in [4.78, 5) is 0.235. The molecule has 104 valence electrons. The van der Waals surface area contributed by atoms with Crippen LogP contribution in [0.2, 0.25) is 0 Å². The molecule has 0 fully saturated rings. The van der Waals surface area contributed by atoms with E-state index in [1.807, 2.05) is 6.07 Å². The van der Waals surface area contributed by atoms with Crippen LogP contribution in [0.1, 0.15) is 12.5 Å². The molecule has 1 rings (SSSR count). The summed E-state index contributed by atoms with van der Waals surface area (Å²) in [5.74, 6) is 0.168. The van der Waals surface area contributed by atoms with Crippen LogP contribution in [0.15, 0.2) is 29.2 Å². The SMILES string of the molecule is CC(C#N)CN(C)S(=O)(=O)c1ccc(CCCl)cc1. The van der Waals surface area contributed by atoms with Crippen molar-refractivity contribution in [1.82, 2.24) is 4.31 Å². The third kappa shape index (κ3) is 4.20. The first-order valence-corrected chi connectivity index (χ1v) is 7.90. The number of nitrogens with zero attached hydrogens (tertiary/aromatic N) is 2. The Bertz CT molecular complexity index is 549. The highest BCUT2D eigenvalue weighted by Gasteiger charge is 2.22. The van der Waals surface area contributed by atoms with E-state index in [2.05, 4.69) is 0 Å². The van der Waals surface area contributed by atoms with Crippen LogP contribution in [0.3, 0.4) is 0 Å². The second-order valence-electron chi connectivity index (χ2n) is 4.40. The van der Waals surface area contributed by atoms with Gasteiger partial charge in [0.05, 0.1) is 16.9 Å². The fourth-order valence-electron chi connectivity index (χ4n) is 1.64. The maximum atomic E-state index is 12.2. The van der Waals surface area contributed by atoms with E-state index in [1.165, 1.54) is 11.4 Å². The van der Waals surface area contributed by atoms with Crippen molar-refractivity contribution >= 4 is 21.6 Å². The smallest absolute Gasteiger partial charge is 0.207 e. The Morgan fingerprint density at radius 2 is 1.95 bits per heavy atom. The third-order valence-corrected chi connectivity index (χ3v) is 4.79. The molecule has 0 radical (unpaired) electrons. The largest absolute Gasteiger partial charge is 0.242 e. The maximum absolute atomic E-state index is 12.2. The van der Waals surface area contributed by atoms with Crippen molar-refractivity contribution in [3.05, 3.63) is 29.8 Å². The Morgan fingerprint density at radius 1 is 1.37 bits per heavy atom. The summed E-state index contributed by atoms with van der Waals surface area (Å²) in [7, 11) is -2.04. The number of aryl methyl sites for hydroxylation is 1. The van der Waals surface area contributed by atoms with Gasteiger partial charge in [0.2, 0.25) is 10.0 Å². The first-order chi connectivity index (χ1) is 8.91. The lowest BCUT2D eigenvalue weighted by Crippen LogP contribution is -2.30. The Kier molecular flexibility index (Phi) is 5.80. The van der Waals surface area contributed by atoms with Crippen molar-refractivity contribution in [2.75, 3.05) is 19.5 Å². The number of hydrogen-bond acceptors (Lipinski definition) is 3. The fourth-order valence-corrected chi connectivity index (χ4v) is 3.12. The van der Waals surface area contributed by atoms with E-state index in [4.69, 9.17) is 16.9 Å². The molecule has 0 N–H and O–H groups in total. The Labute approximate surface area is 119 Å². The second kappa shape index (κ2) is 6.90. The predicted molar refractivity (Wildman–Crippen MR) is 75.5 cm³/mol. The van der Waals surface area contributed by atoms with E-state index in [0.717, 1.165) is 5.56 Å². The number of alkyl halides is 1. The zero-order valence-corrected chi connectivity index (χ0v) is 12.6. The number of rotatable bonds is 6. The Morgan fingerprint density at radius 3 is 2.42 bits per heavy atom. The van der Waals surface area contributed by atoms with Gasteiger partial charge in [-0.25, -0.2) is 8.42 Å². The first kappa shape index (κ1) is 16.0. The normalized spacial score (nSPS) is 13.2. The van der Waals surface area contributed by atoms with E-state index in [9.17, 15) is 8.42 Å². The molecule has 1 aromatic carbocycles. The van der Waals surface area contributed by atoms with Crippen molar-refractivity contribution in [3.8, 4) is 6.07 Å². The molecule has 0 amide bonds. The van der Waals surface area contributed by atoms with Gasteiger partial charge in [-0.1, -0.05) is 12.1 Å². The topological polar surface area (TPSA) is 61.2 Å². The van der Waals surface area contributed by atoms with Crippen molar-refractivity contribution in [2.45, 2.75) is 18.2 Å². The van der Waals surface area contributed by atoms with E-state index in [1.54, 1.807) is 31.2 Å². The van der Waals surface area contributed by atoms with Gasteiger partial charge in [0.1, 0.15) is 0 Å². The molecule has 0 heterocycles. The number of hydrogen-bond donors (Lipinski definition) is 0. The summed E-state index contributed by atoms with van der Waals surface area (Å²) >= 11 is 5.63. The van der Waals surface area contributed by atoms with E-state index >= 15 is 0 Å². The lowest BCUT2D eigenvalue weighted by atomic mass is 10.2. The molecule has 1 atom stereocenters. The van der Waals surface area contributed by atoms with Gasteiger partial charge in [-0.3, -0.25) is 0 Å². The highest BCUT2D eigenvalue weighted by Crippen LogP contribution is 2.16. The van der Waals surface area contributed by atoms with E-state index in [-0.39, 0.29) is 17.4 Å². The van der Waals surface area contributed by atoms with Crippen molar-refractivity contribution in [3.63, 3.8) is 0 Å². The molecule has 0 bridgehead atoms. The average Bonchev–Trinajstić information content (AvgIpc) is 2.39. The van der Waals surface area contributed by atoms with Gasteiger partial charge < -0.3 is 0 Å². The minimum Gasteiger partial charge on any atom is -0.207 e. The van der Waals surface area contributed by atoms with Crippen LogP contribution < -0.4 is 0 Å². The summed E-state index contributed by atoms with van der Waals surface area (Å²) in [6.07, 6.45) is 0.711. The highest BCUT2D eigenvalue weighted by molar-refractivity contribution is 7.89. The summed E-state index contributed by atoms with van der Waals surface area (Å²) in [6, 6.07) is 8.69. The highest BCUT2D eigenvalue weighted by atomic mass is 35.5. The van der Waals surface area contributed by atoms with Crippen LogP contribution in [0.5, 0.6) is 0 Å². The minimum atomic E-state index is -3.53. The zero-order valence-electron chi connectivity index (χ0n) is 11.0. The monoisotopic (exact) mass is 300 g/mol. The summed E-state index contributed by atoms with van der Waals surface area (Å²) in [6.45, 7) is 1.87. The molecule has 0 saturated heterocycles. The van der Waals surface area contributed by atoms with Gasteiger partial charge in [0, 0.05) is 19.5 Å². The molecule has 0 saturated carbocycles. The van der Waals surface area contributed by atoms with Crippen molar-refractivity contribution in [1.29, 1.82) is 5.26 Å². The molecule has 19 heavy (non-hydrogen) atoms. The molecular weight excluding hydrogens is 284 g/mol. The van der Waals surface area contributed by atoms with Crippen LogP contribution in [0, 0.1) is 17.2 Å². The average molecular weight is 301 g/mol. The number of halogens is 1. The molecule has 4 nitrogen and oxygen atoms in total. The fraction of sp³-hybridized carbons (Fsp3) is 0.462. The van der Waals surface area contributed by atoms with Crippen LogP contribution >= 0.6 is 11.6 Å². The third-order valence-electron chi connectivity index (χ3n) is 2.77. The zero-order chi connectivity index (χ0) is 14.5. The van der Waals surface area contributed by atoms with Crippen LogP contribution in [-0.4, -0.2) is 32.2 Å². The molecule has 1 aromatic rings. The Balaban J connectivity index is 2.91. The van der Waals surface area contributed by atoms with Gasteiger partial charge in [0.15, 0.2) is 0 Å². The summed E-state index contributed by atoms with van der Waals surface area (Å²) in [5.41, 5.74) is 1.00. The van der Waals surface area contributed by atoms with Crippen LogP contribution in [-0.2, 0) is 16.4 Å². The van der Waals surface area contributed by atoms with Crippen LogP contribution in [0.25, 0.3) is 0 Å². The van der Waals surface area contributed by atoms with Gasteiger partial charge in [-0.15, -0.1) is 11.6 Å². The lowest BCUT2D eigenvalue weighted by Gasteiger charge is -2.18. The second-order valence-corrected chi connectivity index (χ2v) is 6.82. The lowest BCUT2D eigenvalue weighted by molar-refractivity contribution is 0.439. The molecular formula is C13H17ClN2O2S. The van der Waals surface area contributed by atoms with Gasteiger partial charge in [-0.2, -0.15) is 9.57 Å². The molecule has 0 aliphatic rings. The minimum absolute atomic E-state index is 0.183. The molecule has 0 aromatic heterocycles. The van der Waals surface area contributed by atoms with Crippen LogP contribution in [0.4, 0.5) is 0 Å². The molecule has 1 unspecified atom stereocenters. The molecule has 6 heteroatoms. The molecule has 0 spiro atoms. The van der Waals surface area contributed by atoms with Gasteiger partial charge in [0.25, 0.3) is 0 Å². The maximum Gasteiger partial charge on any atom is 0.242 e. The number of benzene rings is 1. The summed E-state index contributed by atoms with van der Waals surface area (Å²) < 4.78 is 25.7. The van der Waals surface area contributed by atoms with E-state index in [0.29, 0.717) is 12.3 Å². The standard InChI is InChI=1S/C13H17ClN2O2S/c1-11(9-15)10-16(2)19(17,18)13-5-3-12(4-6-13)7-8-14/h3-6,11H,7-8,10H2,1-2H3. The predicted octanol–water partition coefficient (Wildman–Crippen LogP) is 2.25. The van der Waals surface area contributed by atoms with Gasteiger partial charge >= 0.3 is 0 Å². The quantitative estimate of drug-likeness (QED) is 0.757. The van der Waals surface area contributed by atoms with E-state index < -0.39 is 10.0 Å². The van der Waals surface area contributed by atoms with Gasteiger partial charge in [-0.05, 0) is 31.0 Å². The molecule has 0 aliphatic carbocycles. The first-order valence-electron chi connectivity index (χ1n) is 5.92. The number of sulfonamides is 1. The summed E-state index contributed by atoms with van der Waals surface area (Å²) in [5, 5.41) is 8.73. The molecule has 0 aliphatic heterocycles. The van der Waals surface area contributed by atoms with Crippen molar-refractivity contribution < 1.29 is 8.42 Å². The van der Waals surface area contributed by atoms with Crippen molar-refractivity contribution in [2.24, 2.45) is 5.92 Å². The Hall–Kier alpha value is -1.09. The number of nitriles is 1.